The number of benzene rings is 12. The monoisotopic (exact) mass is 916 g/mol. The molecular weight excluding hydrogens is 869 g/mol. The molecule has 0 N–H and O–H groups in total. The molecule has 0 aliphatic rings. The summed E-state index contributed by atoms with van der Waals surface area (Å²) in [5.41, 5.74) is 21.0. The molecule has 0 aliphatic heterocycles. The van der Waals surface area contributed by atoms with Crippen molar-refractivity contribution in [3.05, 3.63) is 291 Å². The normalized spacial score (nSPS) is 11.3. The van der Waals surface area contributed by atoms with Crippen LogP contribution in [-0.4, -0.2) is 4.57 Å². The third kappa shape index (κ3) is 7.63. The summed E-state index contributed by atoms with van der Waals surface area (Å²) in [7, 11) is 0. The van der Waals surface area contributed by atoms with E-state index in [0.29, 0.717) is 0 Å². The molecule has 0 saturated heterocycles. The van der Waals surface area contributed by atoms with E-state index in [2.05, 4.69) is 301 Å². The van der Waals surface area contributed by atoms with Gasteiger partial charge in [-0.1, -0.05) is 231 Å². The van der Waals surface area contributed by atoms with Gasteiger partial charge in [-0.15, -0.1) is 0 Å². The summed E-state index contributed by atoms with van der Waals surface area (Å²) in [5.74, 6) is 0. The van der Waals surface area contributed by atoms with Crippen LogP contribution in [0.2, 0.25) is 0 Å². The van der Waals surface area contributed by atoms with E-state index in [-0.39, 0.29) is 0 Å². The second-order valence-electron chi connectivity index (χ2n) is 18.4. The molecule has 338 valence electrons. The van der Waals surface area contributed by atoms with Gasteiger partial charge in [0.2, 0.25) is 0 Å². The largest absolute Gasteiger partial charge is 0.310 e. The zero-order valence-electron chi connectivity index (χ0n) is 39.6. The van der Waals surface area contributed by atoms with E-state index in [1.54, 1.807) is 0 Å². The number of hydrogen-bond acceptors (Lipinski definition) is 1. The number of para-hydroxylation sites is 2. The number of aromatic nitrogens is 1. The Balaban J connectivity index is 0.967. The Labute approximate surface area is 420 Å². The van der Waals surface area contributed by atoms with Gasteiger partial charge in [0, 0.05) is 33.5 Å². The maximum Gasteiger partial charge on any atom is 0.0547 e. The van der Waals surface area contributed by atoms with Crippen LogP contribution >= 0.6 is 0 Å². The van der Waals surface area contributed by atoms with Crippen molar-refractivity contribution in [2.24, 2.45) is 0 Å². The van der Waals surface area contributed by atoms with Gasteiger partial charge in [0.1, 0.15) is 0 Å². The quantitative estimate of drug-likeness (QED) is 0.133. The summed E-state index contributed by atoms with van der Waals surface area (Å²) in [5, 5.41) is 4.96. The van der Waals surface area contributed by atoms with Gasteiger partial charge < -0.3 is 9.47 Å². The molecule has 1 aromatic heterocycles. The number of anilines is 3. The fraction of sp³-hybridized carbons (Fsp3) is 0. The van der Waals surface area contributed by atoms with Crippen LogP contribution in [0.4, 0.5) is 17.1 Å². The molecule has 0 atom stereocenters. The van der Waals surface area contributed by atoms with Crippen molar-refractivity contribution in [1.29, 1.82) is 0 Å². The van der Waals surface area contributed by atoms with Crippen molar-refractivity contribution in [3.8, 4) is 72.4 Å². The lowest BCUT2D eigenvalue weighted by Gasteiger charge is -2.27. The van der Waals surface area contributed by atoms with Gasteiger partial charge in [-0.05, 0) is 138 Å². The zero-order chi connectivity index (χ0) is 47.8. The third-order valence-corrected chi connectivity index (χ3v) is 14.2. The maximum atomic E-state index is 2.40. The smallest absolute Gasteiger partial charge is 0.0547 e. The molecule has 0 fully saturated rings. The Morgan fingerprint density at radius 2 is 0.694 bits per heavy atom. The third-order valence-electron chi connectivity index (χ3n) is 14.2. The molecule has 1 heterocycles. The van der Waals surface area contributed by atoms with Crippen LogP contribution in [0.15, 0.2) is 291 Å². The number of nitrogens with zero attached hydrogens (tertiary/aromatic N) is 2. The standard InChI is InChI=1S/C70H48N2/c1-4-20-49(21-5-1)61-31-12-13-32-65(61)69-62(51-22-6-2-7-23-51)35-18-36-63(69)53-42-46-57(47-43-53)71(56-44-40-52(41-45-56)60-34-17-25-50-24-10-11-30-59(50)60)58-29-16-26-54(48-58)64-37-19-39-68-70(64)66-33-14-15-38-67(66)72(68)55-27-8-3-9-28-55/h1-48H. The highest BCUT2D eigenvalue weighted by Crippen LogP contribution is 2.46. The van der Waals surface area contributed by atoms with Gasteiger partial charge in [-0.2, -0.15) is 0 Å². The minimum atomic E-state index is 1.07. The van der Waals surface area contributed by atoms with E-state index in [1.807, 2.05) is 0 Å². The predicted molar refractivity (Wildman–Crippen MR) is 306 cm³/mol. The van der Waals surface area contributed by atoms with Gasteiger partial charge in [0.25, 0.3) is 0 Å². The highest BCUT2D eigenvalue weighted by atomic mass is 15.1. The molecule has 13 rings (SSSR count). The average molecular weight is 917 g/mol. The van der Waals surface area contributed by atoms with Crippen molar-refractivity contribution >= 4 is 49.6 Å². The van der Waals surface area contributed by atoms with Crippen molar-refractivity contribution in [3.63, 3.8) is 0 Å². The minimum Gasteiger partial charge on any atom is -0.310 e. The minimum absolute atomic E-state index is 1.07. The Kier molecular flexibility index (Phi) is 10.9. The lowest BCUT2D eigenvalue weighted by molar-refractivity contribution is 1.18. The molecule has 0 amide bonds. The van der Waals surface area contributed by atoms with Crippen LogP contribution in [0.25, 0.3) is 105 Å². The first-order valence-corrected chi connectivity index (χ1v) is 24.8. The van der Waals surface area contributed by atoms with Crippen LogP contribution in [0, 0.1) is 0 Å². The highest BCUT2D eigenvalue weighted by Gasteiger charge is 2.21. The molecule has 0 unspecified atom stereocenters. The van der Waals surface area contributed by atoms with Gasteiger partial charge in [0.05, 0.1) is 11.0 Å². The summed E-state index contributed by atoms with van der Waals surface area (Å²) in [4.78, 5) is 2.40. The lowest BCUT2D eigenvalue weighted by Crippen LogP contribution is -2.10. The Morgan fingerprint density at radius 1 is 0.250 bits per heavy atom. The average Bonchev–Trinajstić information content (AvgIpc) is 3.81. The summed E-state index contributed by atoms with van der Waals surface area (Å²) < 4.78 is 2.39. The van der Waals surface area contributed by atoms with Gasteiger partial charge >= 0.3 is 0 Å². The van der Waals surface area contributed by atoms with Crippen LogP contribution < -0.4 is 4.90 Å². The Hall–Kier alpha value is -9.50. The lowest BCUT2D eigenvalue weighted by atomic mass is 9.84. The first-order chi connectivity index (χ1) is 35.7. The van der Waals surface area contributed by atoms with E-state index in [9.17, 15) is 0 Å². The molecule has 0 saturated carbocycles. The number of hydrogen-bond donors (Lipinski definition) is 0. The molecule has 13 aromatic rings. The molecule has 0 aliphatic carbocycles. The Morgan fingerprint density at radius 3 is 1.40 bits per heavy atom. The second kappa shape index (κ2) is 18.4. The molecule has 2 nitrogen and oxygen atoms in total. The fourth-order valence-corrected chi connectivity index (χ4v) is 10.9. The van der Waals surface area contributed by atoms with Crippen molar-refractivity contribution in [2.45, 2.75) is 0 Å². The van der Waals surface area contributed by atoms with Gasteiger partial charge in [0.15, 0.2) is 0 Å². The van der Waals surface area contributed by atoms with Crippen LogP contribution in [0.1, 0.15) is 0 Å². The molecule has 72 heavy (non-hydrogen) atoms. The van der Waals surface area contributed by atoms with E-state index in [1.165, 1.54) is 88.2 Å². The van der Waals surface area contributed by atoms with Crippen molar-refractivity contribution in [1.82, 2.24) is 4.57 Å². The van der Waals surface area contributed by atoms with Crippen LogP contribution in [-0.2, 0) is 0 Å². The molecule has 0 bridgehead atoms. The summed E-state index contributed by atoms with van der Waals surface area (Å²) in [6.45, 7) is 0. The number of fused-ring (bicyclic) bond motifs is 4. The zero-order valence-corrected chi connectivity index (χ0v) is 39.6. The second-order valence-corrected chi connectivity index (χ2v) is 18.4. The van der Waals surface area contributed by atoms with Crippen molar-refractivity contribution in [2.75, 3.05) is 4.90 Å². The first-order valence-electron chi connectivity index (χ1n) is 24.8. The molecule has 0 radical (unpaired) electrons. The summed E-state index contributed by atoms with van der Waals surface area (Å²) >= 11 is 0. The van der Waals surface area contributed by atoms with E-state index >= 15 is 0 Å². The molecule has 12 aromatic carbocycles. The van der Waals surface area contributed by atoms with E-state index in [0.717, 1.165) is 33.9 Å². The molecular formula is C70H48N2. The van der Waals surface area contributed by atoms with Gasteiger partial charge in [-0.3, -0.25) is 0 Å². The Bertz CT molecular complexity index is 4050. The topological polar surface area (TPSA) is 8.17 Å². The summed E-state index contributed by atoms with van der Waals surface area (Å²) in [6.07, 6.45) is 0. The predicted octanol–water partition coefficient (Wildman–Crippen LogP) is 19.4. The maximum absolute atomic E-state index is 2.40. The highest BCUT2D eigenvalue weighted by molar-refractivity contribution is 6.16. The fourth-order valence-electron chi connectivity index (χ4n) is 10.9. The van der Waals surface area contributed by atoms with E-state index in [4.69, 9.17) is 0 Å². The SMILES string of the molecule is c1ccc(-c2ccccc2-c2c(-c3ccccc3)cccc2-c2ccc(N(c3ccc(-c4cccc5ccccc45)cc3)c3cccc(-c4cccc5c4c4ccccc4n5-c4ccccc4)c3)cc2)cc1. The van der Waals surface area contributed by atoms with Crippen molar-refractivity contribution < 1.29 is 0 Å². The molecule has 2 heteroatoms. The summed E-state index contributed by atoms with van der Waals surface area (Å²) in [6, 6.07) is 106. The number of rotatable bonds is 10. The van der Waals surface area contributed by atoms with Crippen LogP contribution in [0.3, 0.4) is 0 Å². The first kappa shape index (κ1) is 42.6. The molecule has 0 spiro atoms. The van der Waals surface area contributed by atoms with Crippen LogP contribution in [0.5, 0.6) is 0 Å². The van der Waals surface area contributed by atoms with E-state index < -0.39 is 0 Å². The van der Waals surface area contributed by atoms with Gasteiger partial charge in [-0.25, -0.2) is 0 Å².